The van der Waals surface area contributed by atoms with Crippen LogP contribution in [0, 0.1) is 5.92 Å². The maximum Gasteiger partial charge on any atom is 0.224 e. The smallest absolute Gasteiger partial charge is 0.224 e. The van der Waals surface area contributed by atoms with E-state index in [0.29, 0.717) is 24.6 Å². The van der Waals surface area contributed by atoms with Gasteiger partial charge in [-0.25, -0.2) is 0 Å². The summed E-state index contributed by atoms with van der Waals surface area (Å²) in [5.41, 5.74) is 7.18. The number of carbonyl (C=O) groups excluding carboxylic acids is 1. The van der Waals surface area contributed by atoms with Crippen molar-refractivity contribution in [2.45, 2.75) is 25.4 Å². The molecule has 0 aromatic heterocycles. The quantitative estimate of drug-likeness (QED) is 0.656. The Morgan fingerprint density at radius 2 is 2.06 bits per heavy atom. The molecule has 1 aliphatic rings. The Hall–Kier alpha value is -1.55. The van der Waals surface area contributed by atoms with Gasteiger partial charge in [-0.1, -0.05) is 12.1 Å². The fourth-order valence-corrected chi connectivity index (χ4v) is 1.75. The van der Waals surface area contributed by atoms with E-state index in [1.165, 1.54) is 0 Å². The number of nitrogens with two attached hydrogens (primary N) is 1. The van der Waals surface area contributed by atoms with Gasteiger partial charge in [-0.2, -0.15) is 0 Å². The normalized spacial score (nSPS) is 16.5. The minimum absolute atomic E-state index is 0.0607. The Morgan fingerprint density at radius 3 is 2.65 bits per heavy atom. The predicted molar refractivity (Wildman–Crippen MR) is 66.3 cm³/mol. The van der Waals surface area contributed by atoms with Gasteiger partial charge in [0.15, 0.2) is 0 Å². The third-order valence-electron chi connectivity index (χ3n) is 3.02. The van der Waals surface area contributed by atoms with Crippen molar-refractivity contribution in [1.82, 2.24) is 5.32 Å². The summed E-state index contributed by atoms with van der Waals surface area (Å²) < 4.78 is 0. The van der Waals surface area contributed by atoms with Gasteiger partial charge in [0.25, 0.3) is 0 Å². The lowest BCUT2D eigenvalue weighted by atomic mass is 10.1. The van der Waals surface area contributed by atoms with Crippen molar-refractivity contribution in [1.29, 1.82) is 0 Å². The lowest BCUT2D eigenvalue weighted by Crippen LogP contribution is -2.34. The van der Waals surface area contributed by atoms with E-state index >= 15 is 0 Å². The topological polar surface area (TPSA) is 75.4 Å². The van der Waals surface area contributed by atoms with Crippen molar-refractivity contribution in [3.8, 4) is 0 Å². The largest absolute Gasteiger partial charge is 0.399 e. The van der Waals surface area contributed by atoms with Gasteiger partial charge in [-0.15, -0.1) is 0 Å². The first-order valence-electron chi connectivity index (χ1n) is 5.94. The molecule has 0 spiro atoms. The first-order valence-corrected chi connectivity index (χ1v) is 5.94. The summed E-state index contributed by atoms with van der Waals surface area (Å²) in [5, 5.41) is 12.4. The zero-order valence-electron chi connectivity index (χ0n) is 9.73. The van der Waals surface area contributed by atoms with Crippen LogP contribution in [0.25, 0.3) is 0 Å². The van der Waals surface area contributed by atoms with Crippen molar-refractivity contribution >= 4 is 11.6 Å². The molecule has 1 fully saturated rings. The number of nitrogen functional groups attached to an aromatic ring is 1. The van der Waals surface area contributed by atoms with Crippen LogP contribution in [0.3, 0.4) is 0 Å². The lowest BCUT2D eigenvalue weighted by Gasteiger charge is -2.10. The second-order valence-electron chi connectivity index (χ2n) is 4.63. The van der Waals surface area contributed by atoms with Gasteiger partial charge in [-0.05, 0) is 36.5 Å². The van der Waals surface area contributed by atoms with E-state index < -0.39 is 0 Å². The summed E-state index contributed by atoms with van der Waals surface area (Å²) in [6.45, 7) is 0.360. The Bertz CT molecular complexity index is 385. The third kappa shape index (κ3) is 3.75. The van der Waals surface area contributed by atoms with Crippen LogP contribution in [0.5, 0.6) is 0 Å². The van der Waals surface area contributed by atoms with E-state index in [1.54, 1.807) is 12.1 Å². The van der Waals surface area contributed by atoms with Crippen LogP contribution in [0.2, 0.25) is 0 Å². The molecular weight excluding hydrogens is 216 g/mol. The molecule has 1 amide bonds. The molecular formula is C13H18N2O2. The van der Waals surface area contributed by atoms with E-state index in [9.17, 15) is 9.90 Å². The molecule has 4 heteroatoms. The molecule has 1 aliphatic carbocycles. The molecule has 4 nitrogen and oxygen atoms in total. The number of benzene rings is 1. The lowest BCUT2D eigenvalue weighted by molar-refractivity contribution is -0.120. The van der Waals surface area contributed by atoms with E-state index in [0.717, 1.165) is 18.4 Å². The van der Waals surface area contributed by atoms with Crippen LogP contribution in [-0.2, 0) is 11.2 Å². The molecule has 0 aliphatic heterocycles. The van der Waals surface area contributed by atoms with Gasteiger partial charge < -0.3 is 16.2 Å². The predicted octanol–water partition coefficient (Wildman–Crippen LogP) is 0.698. The first kappa shape index (κ1) is 11.9. The van der Waals surface area contributed by atoms with Gasteiger partial charge in [-0.3, -0.25) is 4.79 Å². The van der Waals surface area contributed by atoms with Crippen LogP contribution in [0.4, 0.5) is 5.69 Å². The Labute approximate surface area is 101 Å². The van der Waals surface area contributed by atoms with E-state index in [1.807, 2.05) is 12.1 Å². The fourth-order valence-electron chi connectivity index (χ4n) is 1.75. The van der Waals surface area contributed by atoms with E-state index in [4.69, 9.17) is 5.73 Å². The second-order valence-corrected chi connectivity index (χ2v) is 4.63. The van der Waals surface area contributed by atoms with Crippen molar-refractivity contribution in [2.75, 3.05) is 12.3 Å². The molecule has 1 unspecified atom stereocenters. The highest BCUT2D eigenvalue weighted by molar-refractivity contribution is 5.78. The van der Waals surface area contributed by atoms with Gasteiger partial charge in [0.1, 0.15) is 0 Å². The minimum atomic E-state index is -0.384. The van der Waals surface area contributed by atoms with Gasteiger partial charge >= 0.3 is 0 Å². The Balaban J connectivity index is 1.74. The zero-order chi connectivity index (χ0) is 12.3. The molecule has 92 valence electrons. The molecule has 17 heavy (non-hydrogen) atoms. The highest BCUT2D eigenvalue weighted by atomic mass is 16.3. The second kappa shape index (κ2) is 5.19. The maximum absolute atomic E-state index is 11.6. The van der Waals surface area contributed by atoms with Crippen LogP contribution in [0.1, 0.15) is 18.4 Å². The number of nitrogens with one attached hydrogen (secondary N) is 1. The zero-order valence-corrected chi connectivity index (χ0v) is 9.73. The summed E-state index contributed by atoms with van der Waals surface area (Å²) in [4.78, 5) is 11.6. The molecule has 1 aromatic rings. The summed E-state index contributed by atoms with van der Waals surface area (Å²) in [7, 11) is 0. The van der Waals surface area contributed by atoms with Gasteiger partial charge in [0.2, 0.25) is 5.91 Å². The van der Waals surface area contributed by atoms with Crippen molar-refractivity contribution in [2.24, 2.45) is 5.92 Å². The molecule has 1 aromatic carbocycles. The molecule has 0 heterocycles. The number of carbonyl (C=O) groups is 1. The highest BCUT2D eigenvalue weighted by Gasteiger charge is 2.29. The monoisotopic (exact) mass is 234 g/mol. The summed E-state index contributed by atoms with van der Waals surface area (Å²) in [5.74, 6) is 0.335. The first-order chi connectivity index (χ1) is 8.15. The van der Waals surface area contributed by atoms with E-state index in [-0.39, 0.29) is 12.0 Å². The van der Waals surface area contributed by atoms with E-state index in [2.05, 4.69) is 5.32 Å². The highest BCUT2D eigenvalue weighted by Crippen LogP contribution is 2.32. The Morgan fingerprint density at radius 1 is 1.41 bits per heavy atom. The molecule has 0 saturated heterocycles. The van der Waals surface area contributed by atoms with Crippen molar-refractivity contribution < 1.29 is 9.90 Å². The molecule has 0 radical (unpaired) electrons. The minimum Gasteiger partial charge on any atom is -0.399 e. The summed E-state index contributed by atoms with van der Waals surface area (Å²) >= 11 is 0. The number of rotatable bonds is 5. The van der Waals surface area contributed by atoms with Gasteiger partial charge in [0.05, 0.1) is 12.5 Å². The van der Waals surface area contributed by atoms with Crippen LogP contribution >= 0.6 is 0 Å². The molecule has 4 N–H and O–H groups in total. The van der Waals surface area contributed by atoms with Crippen LogP contribution in [0.15, 0.2) is 24.3 Å². The summed E-state index contributed by atoms with van der Waals surface area (Å²) in [6, 6.07) is 7.24. The average Bonchev–Trinajstić information content (AvgIpc) is 3.13. The average molecular weight is 234 g/mol. The fraction of sp³-hybridized carbons (Fsp3) is 0.462. The number of amides is 1. The standard InChI is InChI=1S/C13H18N2O2/c14-11-5-1-9(2-6-11)7-13(17)15-8-12(16)10-3-4-10/h1-2,5-6,10,12,16H,3-4,7-8,14H2,(H,15,17). The third-order valence-corrected chi connectivity index (χ3v) is 3.02. The molecule has 1 atom stereocenters. The Kier molecular flexibility index (Phi) is 3.64. The van der Waals surface area contributed by atoms with Crippen molar-refractivity contribution in [3.63, 3.8) is 0 Å². The molecule has 0 bridgehead atoms. The van der Waals surface area contributed by atoms with Crippen LogP contribution < -0.4 is 11.1 Å². The number of aliphatic hydroxyl groups excluding tert-OH is 1. The molecule has 1 saturated carbocycles. The van der Waals surface area contributed by atoms with Crippen LogP contribution in [-0.4, -0.2) is 23.7 Å². The SMILES string of the molecule is Nc1ccc(CC(=O)NCC(O)C2CC2)cc1. The number of hydrogen-bond donors (Lipinski definition) is 3. The molecule has 2 rings (SSSR count). The number of anilines is 1. The number of hydrogen-bond acceptors (Lipinski definition) is 3. The summed E-state index contributed by atoms with van der Waals surface area (Å²) in [6.07, 6.45) is 2.10. The van der Waals surface area contributed by atoms with Crippen molar-refractivity contribution in [3.05, 3.63) is 29.8 Å². The van der Waals surface area contributed by atoms with Gasteiger partial charge in [0, 0.05) is 12.2 Å². The maximum atomic E-state index is 11.6. The number of aliphatic hydroxyl groups is 1.